The van der Waals surface area contributed by atoms with E-state index in [2.05, 4.69) is 0 Å². The van der Waals surface area contributed by atoms with Gasteiger partial charge in [0.25, 0.3) is 0 Å². The maximum Gasteiger partial charge on any atom is 0.416 e. The summed E-state index contributed by atoms with van der Waals surface area (Å²) in [7, 11) is 0. The molecule has 0 saturated carbocycles. The Morgan fingerprint density at radius 2 is 2.14 bits per heavy atom. The van der Waals surface area contributed by atoms with Gasteiger partial charge in [0, 0.05) is 6.54 Å². The Balaban J connectivity index is 2.22. The summed E-state index contributed by atoms with van der Waals surface area (Å²) >= 11 is 0. The monoisotopic (exact) mass is 302 g/mol. The number of amides is 1. The molecule has 1 aromatic carbocycles. The molecule has 2 N–H and O–H groups in total. The van der Waals surface area contributed by atoms with E-state index >= 15 is 0 Å². The molecule has 1 aromatic rings. The lowest BCUT2D eigenvalue weighted by Gasteiger charge is -2.31. The van der Waals surface area contributed by atoms with E-state index in [1.165, 1.54) is 11.0 Å². The third kappa shape index (κ3) is 3.29. The highest BCUT2D eigenvalue weighted by Crippen LogP contribution is 2.32. The third-order valence-electron chi connectivity index (χ3n) is 3.66. The second kappa shape index (κ2) is 5.55. The summed E-state index contributed by atoms with van der Waals surface area (Å²) < 4.78 is 43.1. The summed E-state index contributed by atoms with van der Waals surface area (Å²) in [5.74, 6) is 0. The first kappa shape index (κ1) is 15.6. The lowest BCUT2D eigenvalue weighted by molar-refractivity contribution is -0.137. The fraction of sp³-hybridized carbons (Fsp3) is 0.500. The topological polar surface area (TPSA) is 55.6 Å². The van der Waals surface area contributed by atoms with Gasteiger partial charge in [-0.25, -0.2) is 4.79 Å². The van der Waals surface area contributed by atoms with Crippen LogP contribution in [0.2, 0.25) is 0 Å². The van der Waals surface area contributed by atoms with E-state index in [9.17, 15) is 18.0 Å². The molecule has 0 aromatic heterocycles. The molecular formula is C14H17F3N2O2. The maximum absolute atomic E-state index is 12.7. The van der Waals surface area contributed by atoms with E-state index in [0.29, 0.717) is 18.5 Å². The molecule has 0 aliphatic carbocycles. The van der Waals surface area contributed by atoms with E-state index in [1.54, 1.807) is 6.07 Å². The van der Waals surface area contributed by atoms with Gasteiger partial charge >= 0.3 is 12.3 Å². The molecule has 1 saturated heterocycles. The Morgan fingerprint density at radius 3 is 2.76 bits per heavy atom. The second-order valence-electron chi connectivity index (χ2n) is 5.37. The Labute approximate surface area is 120 Å². The van der Waals surface area contributed by atoms with Gasteiger partial charge in [0.2, 0.25) is 0 Å². The van der Waals surface area contributed by atoms with E-state index in [4.69, 9.17) is 10.5 Å². The number of nitrogens with zero attached hydrogens (tertiary/aromatic N) is 1. The molecule has 0 radical (unpaired) electrons. The predicted molar refractivity (Wildman–Crippen MR) is 70.4 cm³/mol. The van der Waals surface area contributed by atoms with Crippen LogP contribution in [0.15, 0.2) is 24.3 Å². The minimum atomic E-state index is -4.40. The van der Waals surface area contributed by atoms with Crippen molar-refractivity contribution in [2.24, 2.45) is 5.73 Å². The number of halogens is 3. The van der Waals surface area contributed by atoms with Gasteiger partial charge < -0.3 is 10.5 Å². The molecule has 116 valence electrons. The van der Waals surface area contributed by atoms with Crippen molar-refractivity contribution in [2.75, 3.05) is 13.2 Å². The molecular weight excluding hydrogens is 285 g/mol. The first-order valence-corrected chi connectivity index (χ1v) is 6.57. The third-order valence-corrected chi connectivity index (χ3v) is 3.66. The number of carbonyl (C=O) groups excluding carboxylic acids is 1. The first-order chi connectivity index (χ1) is 9.76. The zero-order chi connectivity index (χ0) is 15.7. The molecule has 1 aliphatic heterocycles. The Hall–Kier alpha value is -1.76. The first-order valence-electron chi connectivity index (χ1n) is 6.57. The zero-order valence-corrected chi connectivity index (χ0v) is 11.6. The van der Waals surface area contributed by atoms with Crippen LogP contribution in [0.25, 0.3) is 0 Å². The Morgan fingerprint density at radius 1 is 1.43 bits per heavy atom. The van der Waals surface area contributed by atoms with Crippen molar-refractivity contribution < 1.29 is 22.7 Å². The molecule has 1 aliphatic rings. The molecule has 1 heterocycles. The number of hydrogen-bond acceptors (Lipinski definition) is 3. The maximum atomic E-state index is 12.7. The number of alkyl halides is 3. The summed E-state index contributed by atoms with van der Waals surface area (Å²) in [6.07, 6.45) is -4.40. The fourth-order valence-corrected chi connectivity index (χ4v) is 2.40. The van der Waals surface area contributed by atoms with Crippen LogP contribution in [-0.4, -0.2) is 29.7 Å². The SMILES string of the molecule is CC1(CCN)COC(=O)N1Cc1cccc(C(F)(F)F)c1. The van der Waals surface area contributed by atoms with Crippen LogP contribution < -0.4 is 5.73 Å². The average molecular weight is 302 g/mol. The van der Waals surface area contributed by atoms with Gasteiger partial charge in [-0.05, 0) is 37.6 Å². The highest BCUT2D eigenvalue weighted by atomic mass is 19.4. The molecule has 1 unspecified atom stereocenters. The van der Waals surface area contributed by atoms with Crippen LogP contribution in [0, 0.1) is 0 Å². The summed E-state index contributed by atoms with van der Waals surface area (Å²) in [6, 6.07) is 4.95. The molecule has 2 rings (SSSR count). The summed E-state index contributed by atoms with van der Waals surface area (Å²) in [6.45, 7) is 2.45. The highest BCUT2D eigenvalue weighted by Gasteiger charge is 2.43. The molecule has 7 heteroatoms. The smallest absolute Gasteiger partial charge is 0.416 e. The van der Waals surface area contributed by atoms with E-state index in [1.807, 2.05) is 6.92 Å². The number of cyclic esters (lactones) is 1. The van der Waals surface area contributed by atoms with E-state index in [0.717, 1.165) is 12.1 Å². The number of rotatable bonds is 4. The van der Waals surface area contributed by atoms with Crippen LogP contribution >= 0.6 is 0 Å². The molecule has 21 heavy (non-hydrogen) atoms. The Kier molecular flexibility index (Phi) is 4.13. The van der Waals surface area contributed by atoms with Crippen molar-refractivity contribution >= 4 is 6.09 Å². The van der Waals surface area contributed by atoms with Crippen LogP contribution in [0.3, 0.4) is 0 Å². The number of benzene rings is 1. The number of hydrogen-bond donors (Lipinski definition) is 1. The molecule has 0 spiro atoms. The van der Waals surface area contributed by atoms with Crippen LogP contribution in [-0.2, 0) is 17.5 Å². The largest absolute Gasteiger partial charge is 0.447 e. The minimum Gasteiger partial charge on any atom is -0.447 e. The minimum absolute atomic E-state index is 0.0687. The zero-order valence-electron chi connectivity index (χ0n) is 11.6. The van der Waals surface area contributed by atoms with E-state index in [-0.39, 0.29) is 13.2 Å². The molecule has 4 nitrogen and oxygen atoms in total. The van der Waals surface area contributed by atoms with Gasteiger partial charge in [-0.1, -0.05) is 12.1 Å². The average Bonchev–Trinajstić information content (AvgIpc) is 2.67. The molecule has 1 amide bonds. The second-order valence-corrected chi connectivity index (χ2v) is 5.37. The van der Waals surface area contributed by atoms with Crippen molar-refractivity contribution in [1.29, 1.82) is 0 Å². The standard InChI is InChI=1S/C14H17F3N2O2/c1-13(5-6-18)9-21-12(20)19(13)8-10-3-2-4-11(7-10)14(15,16)17/h2-4,7H,5-6,8-9,18H2,1H3. The van der Waals surface area contributed by atoms with Crippen molar-refractivity contribution in [3.8, 4) is 0 Å². The van der Waals surface area contributed by atoms with Crippen LogP contribution in [0.1, 0.15) is 24.5 Å². The van der Waals surface area contributed by atoms with Crippen LogP contribution in [0.5, 0.6) is 0 Å². The van der Waals surface area contributed by atoms with Gasteiger partial charge in [0.1, 0.15) is 6.61 Å². The van der Waals surface area contributed by atoms with Crippen molar-refractivity contribution in [2.45, 2.75) is 31.6 Å². The van der Waals surface area contributed by atoms with Gasteiger partial charge in [-0.3, -0.25) is 4.90 Å². The van der Waals surface area contributed by atoms with Gasteiger partial charge in [-0.15, -0.1) is 0 Å². The van der Waals surface area contributed by atoms with Crippen LogP contribution in [0.4, 0.5) is 18.0 Å². The lowest BCUT2D eigenvalue weighted by atomic mass is 9.97. The quantitative estimate of drug-likeness (QED) is 0.930. The van der Waals surface area contributed by atoms with Gasteiger partial charge in [0.15, 0.2) is 0 Å². The van der Waals surface area contributed by atoms with Gasteiger partial charge in [0.05, 0.1) is 11.1 Å². The van der Waals surface area contributed by atoms with Crippen molar-refractivity contribution in [3.05, 3.63) is 35.4 Å². The van der Waals surface area contributed by atoms with Gasteiger partial charge in [-0.2, -0.15) is 13.2 Å². The summed E-state index contributed by atoms with van der Waals surface area (Å²) in [5, 5.41) is 0. The normalized spacial score (nSPS) is 22.5. The molecule has 1 atom stereocenters. The molecule has 0 bridgehead atoms. The Bertz CT molecular complexity index is 533. The lowest BCUT2D eigenvalue weighted by Crippen LogP contribution is -2.45. The van der Waals surface area contributed by atoms with Crippen molar-refractivity contribution in [1.82, 2.24) is 4.90 Å². The van der Waals surface area contributed by atoms with Crippen molar-refractivity contribution in [3.63, 3.8) is 0 Å². The number of nitrogens with two attached hydrogens (primary N) is 1. The summed E-state index contributed by atoms with van der Waals surface area (Å²) in [5.41, 5.74) is 4.63. The summed E-state index contributed by atoms with van der Waals surface area (Å²) in [4.78, 5) is 13.2. The highest BCUT2D eigenvalue weighted by molar-refractivity contribution is 5.71. The predicted octanol–water partition coefficient (Wildman–Crippen LogP) is 2.77. The van der Waals surface area contributed by atoms with E-state index < -0.39 is 23.4 Å². The number of carbonyl (C=O) groups is 1. The number of ether oxygens (including phenoxy) is 1. The molecule has 1 fully saturated rings. The fourth-order valence-electron chi connectivity index (χ4n) is 2.40.